The molecule has 6 aromatic carbocycles. The van der Waals surface area contributed by atoms with Gasteiger partial charge in [0.2, 0.25) is 0 Å². The molecule has 0 aliphatic heterocycles. The number of nitrogens with one attached hydrogen (secondary N) is 3. The number of benzene rings is 6. The Balaban J connectivity index is 0.000000203. The molecular formula is C76H81Cl2F3N11O10Si+. The highest BCUT2D eigenvalue weighted by Crippen LogP contribution is 2.34. The zero-order valence-corrected chi connectivity index (χ0v) is 60.0. The summed E-state index contributed by atoms with van der Waals surface area (Å²) in [6, 6.07) is 48.3. The van der Waals surface area contributed by atoms with Crippen molar-refractivity contribution in [2.45, 2.75) is 86.0 Å². The maximum absolute atomic E-state index is 14.0. The largest absolute Gasteiger partial charge is 0.489 e. The molecule has 103 heavy (non-hydrogen) atoms. The van der Waals surface area contributed by atoms with E-state index in [2.05, 4.69) is 45.6 Å². The maximum Gasteiger partial charge on any atom is 0.387 e. The minimum absolute atomic E-state index is 0. The molecule has 21 nitrogen and oxygen atoms in total. The summed E-state index contributed by atoms with van der Waals surface area (Å²) in [5.74, 6) is 4.02. The maximum atomic E-state index is 14.0. The van der Waals surface area contributed by atoms with Gasteiger partial charge in [0.25, 0.3) is 5.82 Å². The fourth-order valence-electron chi connectivity index (χ4n) is 9.58. The van der Waals surface area contributed by atoms with Crippen LogP contribution in [0.1, 0.15) is 50.6 Å². The second-order valence-corrected chi connectivity index (χ2v) is 29.3. The first-order valence-corrected chi connectivity index (χ1v) is 36.5. The van der Waals surface area contributed by atoms with Gasteiger partial charge in [-0.05, 0) is 121 Å². The van der Waals surface area contributed by atoms with Gasteiger partial charge in [-0.25, -0.2) is 38.4 Å². The summed E-state index contributed by atoms with van der Waals surface area (Å²) in [5.41, 5.74) is 9.75. The van der Waals surface area contributed by atoms with Crippen LogP contribution >= 0.6 is 23.2 Å². The molecular weight excluding hydrogens is 1380 g/mol. The third kappa shape index (κ3) is 24.2. The van der Waals surface area contributed by atoms with Gasteiger partial charge in [0.1, 0.15) is 125 Å². The second kappa shape index (κ2) is 39.4. The first-order valence-electron chi connectivity index (χ1n) is 31.9. The minimum atomic E-state index is -1.33. The molecule has 0 amide bonds. The summed E-state index contributed by atoms with van der Waals surface area (Å²) in [5, 5.41) is 27.5. The van der Waals surface area contributed by atoms with Crippen LogP contribution in [0.4, 0.5) is 13.2 Å². The van der Waals surface area contributed by atoms with Gasteiger partial charge in [-0.15, -0.1) is 23.2 Å². The third-order valence-corrected chi connectivity index (χ3v) is 14.9. The van der Waals surface area contributed by atoms with E-state index >= 15 is 0 Å². The van der Waals surface area contributed by atoms with Crippen molar-refractivity contribution in [2.24, 2.45) is 0 Å². The molecule has 0 aliphatic carbocycles. The lowest BCUT2D eigenvalue weighted by atomic mass is 10.2. The zero-order valence-electron chi connectivity index (χ0n) is 57.5. The number of ether oxygens (including phenoxy) is 9. The SMILES string of the molecule is C.COC[C@H](C)Oc1cc(OCc2ccccc2F)cc(-c2nc3c(ccc[n+]3O)[nH]2)c1.COC[C@H](C)Oc1cc(OCc2ccccc2F)cc(-c2nc3nc(C#N)ccc3[nH]2)c1.COC[C@H](C)Oc1cc(OCc2ccccc2F)cc(-c2nc3ncccc3[nH]2)c1.C[Si](C)(C)C#N.ClCCl. The van der Waals surface area contributed by atoms with Gasteiger partial charge in [-0.3, -0.25) is 0 Å². The number of aromatic amines is 3. The number of aromatic nitrogens is 9. The van der Waals surface area contributed by atoms with E-state index in [4.69, 9.17) is 76.4 Å². The smallest absolute Gasteiger partial charge is 0.387 e. The highest BCUT2D eigenvalue weighted by atomic mass is 35.5. The molecule has 0 saturated heterocycles. The quantitative estimate of drug-likeness (QED) is 0.0189. The van der Waals surface area contributed by atoms with Crippen LogP contribution in [-0.2, 0) is 34.0 Å². The Bertz CT molecular complexity index is 4750. The van der Waals surface area contributed by atoms with Crippen LogP contribution in [0.15, 0.2) is 176 Å². The van der Waals surface area contributed by atoms with Gasteiger partial charge in [-0.2, -0.15) is 5.26 Å². The summed E-state index contributed by atoms with van der Waals surface area (Å²) in [6.07, 6.45) is 2.67. The molecule has 0 unspecified atom stereocenters. The lowest BCUT2D eigenvalue weighted by Gasteiger charge is -2.16. The van der Waals surface area contributed by atoms with Crippen molar-refractivity contribution in [3.05, 3.63) is 216 Å². The number of rotatable bonds is 24. The van der Waals surface area contributed by atoms with Crippen LogP contribution in [0, 0.1) is 39.7 Å². The number of nitriles is 2. The molecule has 6 heterocycles. The van der Waals surface area contributed by atoms with Crippen molar-refractivity contribution >= 4 is 64.8 Å². The van der Waals surface area contributed by atoms with Crippen molar-refractivity contribution in [2.75, 3.05) is 46.5 Å². The van der Waals surface area contributed by atoms with Crippen molar-refractivity contribution in [3.8, 4) is 80.4 Å². The van der Waals surface area contributed by atoms with Crippen molar-refractivity contribution in [1.82, 2.24) is 39.9 Å². The van der Waals surface area contributed by atoms with E-state index < -0.39 is 8.07 Å². The van der Waals surface area contributed by atoms with Gasteiger partial charge >= 0.3 is 5.65 Å². The molecule has 4 N–H and O–H groups in total. The predicted octanol–water partition coefficient (Wildman–Crippen LogP) is 16.7. The molecule has 0 spiro atoms. The average Bonchev–Trinajstić information content (AvgIpc) is 1.68. The van der Waals surface area contributed by atoms with Gasteiger partial charge < -0.3 is 62.8 Å². The van der Waals surface area contributed by atoms with E-state index in [1.54, 1.807) is 131 Å². The number of fused-ring (bicyclic) bond motifs is 3. The van der Waals surface area contributed by atoms with E-state index in [1.165, 1.54) is 24.4 Å². The number of nitrogens with zero attached hydrogens (tertiary/aromatic N) is 8. The molecule has 0 fully saturated rings. The summed E-state index contributed by atoms with van der Waals surface area (Å²) in [6.45, 7) is 13.3. The highest BCUT2D eigenvalue weighted by molar-refractivity contribution is 6.83. The highest BCUT2D eigenvalue weighted by Gasteiger charge is 2.21. The first-order chi connectivity index (χ1) is 49.2. The van der Waals surface area contributed by atoms with Gasteiger partial charge in [0.05, 0.1) is 41.8 Å². The number of hydrogen-bond donors (Lipinski definition) is 4. The fourth-order valence-corrected chi connectivity index (χ4v) is 9.58. The van der Waals surface area contributed by atoms with Crippen LogP contribution in [-0.4, -0.2) is 118 Å². The van der Waals surface area contributed by atoms with Crippen molar-refractivity contribution < 1.29 is 65.7 Å². The Labute approximate surface area is 606 Å². The second-order valence-electron chi connectivity index (χ2n) is 23.7. The number of imidazole rings is 3. The Morgan fingerprint density at radius 2 is 0.864 bits per heavy atom. The standard InChI is InChI=1S/C24H21FN4O3.C23H22FN3O4.C23H22FN3O3.C4H9NSi.CH2Cl2.CH4/c1-15(13-30-2)32-20-10-17(23-28-22-8-7-18(12-26)27-24(22)29-23)9-19(11-20)31-14-16-5-3-4-6-21(16)25;1-15(13-29-2)31-19-11-17(22-25-21-8-5-9-27(28)23(21)26-22)10-18(12-19)30-14-16-6-3-4-7-20(16)24;1-15(13-28-2)30-19-11-17(22-26-21-8-5-9-25-23(21)27-22)10-18(12-19)29-14-16-6-3-4-7-20(16)24;1-6(2,3)4-5;2-1-3;/h3-11,15H,13-14H2,1-2H3,(H,27,28,29);3-12,15,28H,13-14H2,1-2H3;3-12,15H,13-14H2,1-2H3,(H,25,26,27);1-3H3;1H2;1H4/p+1/t3*15-;;;/m000.../s1. The van der Waals surface area contributed by atoms with E-state index in [0.717, 1.165) is 15.8 Å². The Kier molecular flexibility index (Phi) is 30.5. The van der Waals surface area contributed by atoms with Crippen molar-refractivity contribution in [1.29, 1.82) is 10.5 Å². The van der Waals surface area contributed by atoms with E-state index in [-0.39, 0.29) is 74.0 Å². The summed E-state index contributed by atoms with van der Waals surface area (Å²) in [4.78, 5) is 31.7. The molecule has 12 rings (SSSR count). The van der Waals surface area contributed by atoms with Crippen LogP contribution in [0.2, 0.25) is 19.6 Å². The number of methoxy groups -OCH3 is 3. The van der Waals surface area contributed by atoms with E-state index in [0.29, 0.717) is 128 Å². The Hall–Kier alpha value is -10.8. The zero-order chi connectivity index (χ0) is 73.1. The average molecular weight is 1460 g/mol. The van der Waals surface area contributed by atoms with Gasteiger partial charge in [0, 0.05) is 79.2 Å². The molecule has 0 bridgehead atoms. The van der Waals surface area contributed by atoms with Gasteiger partial charge in [-0.1, -0.05) is 81.7 Å². The monoisotopic (exact) mass is 1460 g/mol. The number of alkyl halides is 2. The molecule has 0 aliphatic rings. The van der Waals surface area contributed by atoms with Crippen LogP contribution in [0.3, 0.4) is 0 Å². The Morgan fingerprint density at radius 1 is 0.495 bits per heavy atom. The summed E-state index contributed by atoms with van der Waals surface area (Å²) in [7, 11) is 3.52. The number of pyridine rings is 3. The van der Waals surface area contributed by atoms with Gasteiger partial charge in [0.15, 0.2) is 19.4 Å². The lowest BCUT2D eigenvalue weighted by Crippen LogP contribution is -2.30. The van der Waals surface area contributed by atoms with E-state index in [9.17, 15) is 18.4 Å². The van der Waals surface area contributed by atoms with Crippen molar-refractivity contribution in [3.63, 3.8) is 0 Å². The van der Waals surface area contributed by atoms with Crippen LogP contribution in [0.5, 0.6) is 34.5 Å². The molecule has 6 aromatic heterocycles. The van der Waals surface area contributed by atoms with Crippen LogP contribution < -0.4 is 33.2 Å². The third-order valence-electron chi connectivity index (χ3n) is 14.2. The number of H-pyrrole nitrogens is 3. The minimum Gasteiger partial charge on any atom is -0.489 e. The normalized spacial score (nSPS) is 11.6. The lowest BCUT2D eigenvalue weighted by molar-refractivity contribution is -0.885. The number of halogens is 5. The van der Waals surface area contributed by atoms with Crippen LogP contribution in [0.25, 0.3) is 67.7 Å². The molecule has 0 radical (unpaired) electrons. The summed E-state index contributed by atoms with van der Waals surface area (Å²) >= 11 is 9.53. The molecule has 0 saturated carbocycles. The first kappa shape index (κ1) is 79.6. The molecule has 27 heteroatoms. The molecule has 3 atom stereocenters. The summed E-state index contributed by atoms with van der Waals surface area (Å²) < 4.78 is 93.8. The number of hydrogen-bond acceptors (Lipinski definition) is 17. The topological polar surface area (TPSA) is 267 Å². The fraction of sp³-hybridized carbons (Fsp3) is 0.263. The van der Waals surface area contributed by atoms with E-state index in [1.807, 2.05) is 88.9 Å². The molecule has 12 aromatic rings. The molecule has 538 valence electrons. The predicted molar refractivity (Wildman–Crippen MR) is 393 cm³/mol. The Morgan fingerprint density at radius 3 is 1.24 bits per heavy atom.